The Morgan fingerprint density at radius 2 is 2.21 bits per heavy atom. The molecule has 0 unspecified atom stereocenters. The normalized spacial score (nSPS) is 23.4. The van der Waals surface area contributed by atoms with E-state index in [1.165, 1.54) is 29.1 Å². The third-order valence-electron chi connectivity index (χ3n) is 3.19. The van der Waals surface area contributed by atoms with Crippen LogP contribution in [-0.4, -0.2) is 62.5 Å². The number of nitrogens with zero attached hydrogens (tertiary/aromatic N) is 3. The fourth-order valence-electron chi connectivity index (χ4n) is 2.13. The quantitative estimate of drug-likeness (QED) is 0.607. The second-order valence-electron chi connectivity index (χ2n) is 4.67. The molecule has 2 N–H and O–H groups in total. The van der Waals surface area contributed by atoms with Crippen molar-refractivity contribution in [3.05, 3.63) is 18.0 Å². The van der Waals surface area contributed by atoms with Crippen molar-refractivity contribution in [2.45, 2.75) is 23.6 Å². The summed E-state index contributed by atoms with van der Waals surface area (Å²) in [4.78, 5) is 21.9. The predicted octanol–water partition coefficient (Wildman–Crippen LogP) is 0.158. The second-order valence-corrected chi connectivity index (χ2v) is 5.44. The maximum absolute atomic E-state index is 12.2. The first kappa shape index (κ1) is 14.2. The first-order valence-electron chi connectivity index (χ1n) is 6.06. The smallest absolute Gasteiger partial charge is 0.257 e. The summed E-state index contributed by atoms with van der Waals surface area (Å²) in [5.41, 5.74) is -0.784. The zero-order valence-electron chi connectivity index (χ0n) is 10.7. The van der Waals surface area contributed by atoms with E-state index in [-0.39, 0.29) is 19.1 Å². The Kier molecular flexibility index (Phi) is 4.38. The molecule has 1 amide bonds. The number of hydrogen-bond acceptors (Lipinski definition) is 6. The van der Waals surface area contributed by atoms with Gasteiger partial charge in [-0.05, 0) is 19.1 Å². The Balaban J connectivity index is 2.10. The van der Waals surface area contributed by atoms with Crippen LogP contribution in [0.4, 0.5) is 0 Å². The van der Waals surface area contributed by atoms with Crippen LogP contribution in [0, 0.1) is 0 Å². The van der Waals surface area contributed by atoms with Gasteiger partial charge in [-0.2, -0.15) is 0 Å². The molecule has 0 radical (unpaired) electrons. The molecule has 1 saturated heterocycles. The van der Waals surface area contributed by atoms with E-state index in [0.29, 0.717) is 30.1 Å². The van der Waals surface area contributed by atoms with Gasteiger partial charge in [0.15, 0.2) is 5.16 Å². The first-order valence-corrected chi connectivity index (χ1v) is 7.29. The van der Waals surface area contributed by atoms with Gasteiger partial charge in [0, 0.05) is 18.9 Å². The number of piperidine rings is 1. The van der Waals surface area contributed by atoms with Crippen molar-refractivity contribution in [2.75, 3.05) is 26.0 Å². The number of carbonyl (C=O) groups excluding carboxylic acids is 1. The Bertz CT molecular complexity index is 454. The minimum absolute atomic E-state index is 0.145. The molecule has 1 aliphatic heterocycles. The van der Waals surface area contributed by atoms with Gasteiger partial charge in [0.2, 0.25) is 0 Å². The van der Waals surface area contributed by atoms with Crippen molar-refractivity contribution in [2.24, 2.45) is 0 Å². The van der Waals surface area contributed by atoms with Gasteiger partial charge in [-0.15, -0.1) is 0 Å². The van der Waals surface area contributed by atoms with Crippen LogP contribution in [0.3, 0.4) is 0 Å². The zero-order valence-corrected chi connectivity index (χ0v) is 11.6. The van der Waals surface area contributed by atoms with E-state index in [4.69, 9.17) is 0 Å². The highest BCUT2D eigenvalue weighted by Crippen LogP contribution is 2.22. The number of aromatic nitrogens is 2. The number of thioether (sulfide) groups is 1. The monoisotopic (exact) mass is 283 g/mol. The van der Waals surface area contributed by atoms with Gasteiger partial charge >= 0.3 is 0 Å². The third kappa shape index (κ3) is 3.23. The van der Waals surface area contributed by atoms with Crippen molar-refractivity contribution in [1.29, 1.82) is 0 Å². The minimum Gasteiger partial charge on any atom is -0.393 e. The number of β-amino-alcohol motifs (C(OH)–C–C–N with tert-alkyl or cyclic N) is 1. The molecule has 0 aliphatic carbocycles. The molecule has 104 valence electrons. The molecule has 0 spiro atoms. The molecular weight excluding hydrogens is 266 g/mol. The zero-order chi connectivity index (χ0) is 13.9. The van der Waals surface area contributed by atoms with Crippen LogP contribution in [0.2, 0.25) is 0 Å². The van der Waals surface area contributed by atoms with E-state index in [2.05, 4.69) is 9.97 Å². The summed E-state index contributed by atoms with van der Waals surface area (Å²) >= 11 is 1.41. The third-order valence-corrected chi connectivity index (χ3v) is 3.77. The maximum atomic E-state index is 12.2. The van der Waals surface area contributed by atoms with Crippen LogP contribution < -0.4 is 0 Å². The molecule has 0 bridgehead atoms. The van der Waals surface area contributed by atoms with Crippen LogP contribution in [0.15, 0.2) is 17.6 Å². The van der Waals surface area contributed by atoms with E-state index in [9.17, 15) is 15.0 Å². The van der Waals surface area contributed by atoms with Gasteiger partial charge in [0.05, 0.1) is 18.7 Å². The van der Waals surface area contributed by atoms with Crippen molar-refractivity contribution in [1.82, 2.24) is 14.9 Å². The van der Waals surface area contributed by atoms with Crippen LogP contribution >= 0.6 is 11.8 Å². The van der Waals surface area contributed by atoms with Crippen LogP contribution in [-0.2, 0) is 0 Å². The number of hydrogen-bond donors (Lipinski definition) is 2. The number of amides is 1. The summed E-state index contributed by atoms with van der Waals surface area (Å²) in [5.74, 6) is -0.209. The Morgan fingerprint density at radius 1 is 1.53 bits per heavy atom. The summed E-state index contributed by atoms with van der Waals surface area (Å²) in [6, 6.07) is 0. The lowest BCUT2D eigenvalue weighted by Crippen LogP contribution is -2.52. The number of likely N-dealkylation sites (tertiary alicyclic amines) is 1. The molecular formula is C12H17N3O3S. The highest BCUT2D eigenvalue weighted by molar-refractivity contribution is 7.98. The summed E-state index contributed by atoms with van der Waals surface area (Å²) in [6.45, 7) is 0.386. The fourth-order valence-corrected chi connectivity index (χ4v) is 2.45. The predicted molar refractivity (Wildman–Crippen MR) is 71.0 cm³/mol. The topological polar surface area (TPSA) is 86.6 Å². The highest BCUT2D eigenvalue weighted by Gasteiger charge is 2.35. The average molecular weight is 283 g/mol. The van der Waals surface area contributed by atoms with Crippen molar-refractivity contribution in [3.8, 4) is 0 Å². The lowest BCUT2D eigenvalue weighted by atomic mass is 9.93. The lowest BCUT2D eigenvalue weighted by Gasteiger charge is -2.37. The average Bonchev–Trinajstić information content (AvgIpc) is 2.46. The molecule has 0 saturated carbocycles. The Labute approximate surface area is 115 Å². The Hall–Kier alpha value is -1.18. The van der Waals surface area contributed by atoms with Crippen molar-refractivity contribution < 1.29 is 15.0 Å². The molecule has 1 aromatic rings. The SMILES string of the molecule is CSc1ncc(C(=O)N2CCC[C@@](O)(CO)C2)cn1. The molecule has 2 heterocycles. The van der Waals surface area contributed by atoms with Crippen LogP contribution in [0.25, 0.3) is 0 Å². The standard InChI is InChI=1S/C12H17N3O3S/c1-19-11-13-5-9(6-14-11)10(17)15-4-2-3-12(18,7-15)8-16/h5-6,16,18H,2-4,7-8H2,1H3/t12-/m0/s1. The fraction of sp³-hybridized carbons (Fsp3) is 0.583. The molecule has 1 aromatic heterocycles. The molecule has 1 atom stereocenters. The molecule has 1 aliphatic rings. The molecule has 6 nitrogen and oxygen atoms in total. The molecule has 7 heteroatoms. The van der Waals surface area contributed by atoms with Gasteiger partial charge < -0.3 is 15.1 Å². The summed E-state index contributed by atoms with van der Waals surface area (Å²) in [5, 5.41) is 19.8. The summed E-state index contributed by atoms with van der Waals surface area (Å²) in [6.07, 6.45) is 6.03. The van der Waals surface area contributed by atoms with Gasteiger partial charge in [-0.1, -0.05) is 11.8 Å². The van der Waals surface area contributed by atoms with Crippen molar-refractivity contribution >= 4 is 17.7 Å². The maximum Gasteiger partial charge on any atom is 0.257 e. The highest BCUT2D eigenvalue weighted by atomic mass is 32.2. The first-order chi connectivity index (χ1) is 9.08. The van der Waals surface area contributed by atoms with Gasteiger partial charge in [-0.25, -0.2) is 9.97 Å². The molecule has 1 fully saturated rings. The van der Waals surface area contributed by atoms with Gasteiger partial charge in [0.1, 0.15) is 5.60 Å². The second kappa shape index (κ2) is 5.85. The minimum atomic E-state index is -1.19. The number of aliphatic hydroxyl groups excluding tert-OH is 1. The summed E-state index contributed by atoms with van der Waals surface area (Å²) in [7, 11) is 0. The number of aliphatic hydroxyl groups is 2. The van der Waals surface area contributed by atoms with Crippen LogP contribution in [0.1, 0.15) is 23.2 Å². The lowest BCUT2D eigenvalue weighted by molar-refractivity contribution is -0.0598. The van der Waals surface area contributed by atoms with E-state index >= 15 is 0 Å². The van der Waals surface area contributed by atoms with Crippen LogP contribution in [0.5, 0.6) is 0 Å². The molecule has 19 heavy (non-hydrogen) atoms. The van der Waals surface area contributed by atoms with Gasteiger partial charge in [-0.3, -0.25) is 4.79 Å². The number of carbonyl (C=O) groups is 1. The molecule has 2 rings (SSSR count). The van der Waals surface area contributed by atoms with E-state index in [0.717, 1.165) is 0 Å². The number of rotatable bonds is 3. The van der Waals surface area contributed by atoms with Crippen molar-refractivity contribution in [3.63, 3.8) is 0 Å². The van der Waals surface area contributed by atoms with E-state index < -0.39 is 5.60 Å². The molecule has 0 aromatic carbocycles. The Morgan fingerprint density at radius 3 is 2.79 bits per heavy atom. The van der Waals surface area contributed by atoms with E-state index in [1.807, 2.05) is 6.26 Å². The largest absolute Gasteiger partial charge is 0.393 e. The van der Waals surface area contributed by atoms with Gasteiger partial charge in [0.25, 0.3) is 5.91 Å². The van der Waals surface area contributed by atoms with E-state index in [1.54, 1.807) is 0 Å². The summed E-state index contributed by atoms with van der Waals surface area (Å²) < 4.78 is 0.